The molecule has 4 atom stereocenters. The first-order valence-electron chi connectivity index (χ1n) is 9.70. The summed E-state index contributed by atoms with van der Waals surface area (Å²) >= 11 is 0. The van der Waals surface area contributed by atoms with E-state index in [0.29, 0.717) is 6.07 Å². The highest BCUT2D eigenvalue weighted by Crippen LogP contribution is 2.51. The van der Waals surface area contributed by atoms with E-state index >= 15 is 0 Å². The first-order valence-corrected chi connectivity index (χ1v) is 9.70. The molecule has 0 amide bonds. The third-order valence-electron chi connectivity index (χ3n) is 6.15. The summed E-state index contributed by atoms with van der Waals surface area (Å²) in [5.41, 5.74) is -3.52. The molecule has 9 heteroatoms. The molecule has 0 aliphatic carbocycles. The quantitative estimate of drug-likeness (QED) is 0.636. The van der Waals surface area contributed by atoms with Gasteiger partial charge in [0.2, 0.25) is 0 Å². The molecule has 0 radical (unpaired) electrons. The number of nitrogens with zero attached hydrogens (tertiary/aromatic N) is 2. The van der Waals surface area contributed by atoms with E-state index < -0.39 is 58.2 Å². The molecular formula is C23H19F5N2O2. The van der Waals surface area contributed by atoms with Crippen LogP contribution in [0.3, 0.4) is 0 Å². The number of carboxylic acid groups (broad SMARTS) is 1. The summed E-state index contributed by atoms with van der Waals surface area (Å²) in [6.45, 7) is 2.65. The maximum Gasteiger partial charge on any atom is 0.416 e. The molecule has 1 aliphatic rings. The van der Waals surface area contributed by atoms with Gasteiger partial charge in [-0.25, -0.2) is 8.78 Å². The van der Waals surface area contributed by atoms with Crippen LogP contribution in [0.15, 0.2) is 47.5 Å². The van der Waals surface area contributed by atoms with Crippen molar-refractivity contribution in [2.75, 3.05) is 0 Å². The Morgan fingerprint density at radius 1 is 1.22 bits per heavy atom. The van der Waals surface area contributed by atoms with Gasteiger partial charge in [-0.05, 0) is 43.2 Å². The van der Waals surface area contributed by atoms with Gasteiger partial charge in [0, 0.05) is 18.1 Å². The van der Waals surface area contributed by atoms with Gasteiger partial charge >= 0.3 is 12.1 Å². The second-order valence-corrected chi connectivity index (χ2v) is 7.97. The molecule has 0 bridgehead atoms. The number of nitriles is 1. The molecule has 3 rings (SSSR count). The van der Waals surface area contributed by atoms with Crippen LogP contribution in [0.25, 0.3) is 0 Å². The maximum atomic E-state index is 14.2. The summed E-state index contributed by atoms with van der Waals surface area (Å²) in [4.78, 5) is 16.6. The number of rotatable bonds is 4. The number of aliphatic carboxylic acids is 1. The minimum absolute atomic E-state index is 0.0753. The second kappa shape index (κ2) is 8.34. The zero-order chi connectivity index (χ0) is 23.8. The van der Waals surface area contributed by atoms with Crippen LogP contribution >= 0.6 is 0 Å². The molecule has 0 fully saturated rings. The predicted molar refractivity (Wildman–Crippen MR) is 106 cm³/mol. The molecule has 2 aromatic carbocycles. The molecule has 1 aliphatic heterocycles. The summed E-state index contributed by atoms with van der Waals surface area (Å²) in [6.07, 6.45) is -5.16. The maximum absolute atomic E-state index is 14.2. The van der Waals surface area contributed by atoms with Crippen LogP contribution in [0.5, 0.6) is 0 Å². The van der Waals surface area contributed by atoms with Crippen molar-refractivity contribution in [3.8, 4) is 6.07 Å². The standard InChI is InChI=1S/C23H19F5N2O2/c1-12-22(2,21(31)32)20(15-8-7-14(24)10-17(15)23(26,27)28)16(11-29)19(30-12)9-13-5-3-4-6-18(13)25/h3-8,10,12,16,20H,9H2,1-2H3,(H,31,32). The molecule has 4 nitrogen and oxygen atoms in total. The van der Waals surface area contributed by atoms with Crippen molar-refractivity contribution in [1.29, 1.82) is 5.26 Å². The van der Waals surface area contributed by atoms with Crippen molar-refractivity contribution >= 4 is 11.7 Å². The highest BCUT2D eigenvalue weighted by Gasteiger charge is 2.56. The molecule has 0 saturated heterocycles. The van der Waals surface area contributed by atoms with Gasteiger partial charge in [0.25, 0.3) is 0 Å². The van der Waals surface area contributed by atoms with Crippen LogP contribution < -0.4 is 0 Å². The Bertz CT molecular complexity index is 1120. The van der Waals surface area contributed by atoms with Crippen LogP contribution in [0.4, 0.5) is 22.0 Å². The number of aliphatic imine (C=N–C) groups is 1. The van der Waals surface area contributed by atoms with Gasteiger partial charge in [-0.3, -0.25) is 9.79 Å². The number of halogens is 5. The van der Waals surface area contributed by atoms with Crippen LogP contribution in [0, 0.1) is 34.3 Å². The van der Waals surface area contributed by atoms with Gasteiger partial charge in [-0.2, -0.15) is 18.4 Å². The van der Waals surface area contributed by atoms with Crippen LogP contribution in [-0.4, -0.2) is 22.8 Å². The fraction of sp³-hybridized carbons (Fsp3) is 0.348. The number of benzene rings is 2. The average Bonchev–Trinajstić information content (AvgIpc) is 2.71. The zero-order valence-electron chi connectivity index (χ0n) is 17.1. The van der Waals surface area contributed by atoms with Crippen molar-refractivity contribution in [1.82, 2.24) is 0 Å². The van der Waals surface area contributed by atoms with Crippen LogP contribution in [-0.2, 0) is 17.4 Å². The van der Waals surface area contributed by atoms with Crippen molar-refractivity contribution in [3.05, 3.63) is 70.8 Å². The largest absolute Gasteiger partial charge is 0.481 e. The zero-order valence-corrected chi connectivity index (χ0v) is 17.1. The lowest BCUT2D eigenvalue weighted by Gasteiger charge is -2.44. The number of hydrogen-bond donors (Lipinski definition) is 1. The van der Waals surface area contributed by atoms with Crippen molar-refractivity contribution in [3.63, 3.8) is 0 Å². The first kappa shape index (κ1) is 23.4. The Balaban J connectivity index is 2.25. The minimum atomic E-state index is -4.99. The van der Waals surface area contributed by atoms with Crippen molar-refractivity contribution in [2.45, 2.75) is 38.4 Å². The van der Waals surface area contributed by atoms with E-state index in [1.807, 2.05) is 6.07 Å². The topological polar surface area (TPSA) is 73.5 Å². The lowest BCUT2D eigenvalue weighted by Crippen LogP contribution is -2.51. The van der Waals surface area contributed by atoms with E-state index in [1.54, 1.807) is 6.07 Å². The normalized spacial score (nSPS) is 25.7. The Labute approximate surface area is 181 Å². The average molecular weight is 450 g/mol. The first-order chi connectivity index (χ1) is 14.9. The summed E-state index contributed by atoms with van der Waals surface area (Å²) < 4.78 is 69.3. The van der Waals surface area contributed by atoms with Gasteiger partial charge in [-0.15, -0.1) is 0 Å². The Morgan fingerprint density at radius 2 is 1.88 bits per heavy atom. The third kappa shape index (κ3) is 3.97. The smallest absolute Gasteiger partial charge is 0.416 e. The van der Waals surface area contributed by atoms with E-state index in [2.05, 4.69) is 4.99 Å². The van der Waals surface area contributed by atoms with Crippen LogP contribution in [0.2, 0.25) is 0 Å². The molecular weight excluding hydrogens is 431 g/mol. The van der Waals surface area contributed by atoms with E-state index in [-0.39, 0.29) is 17.7 Å². The van der Waals surface area contributed by atoms with Gasteiger partial charge in [0.05, 0.1) is 29.0 Å². The minimum Gasteiger partial charge on any atom is -0.481 e. The van der Waals surface area contributed by atoms with Gasteiger partial charge in [0.1, 0.15) is 11.6 Å². The van der Waals surface area contributed by atoms with E-state index in [9.17, 15) is 37.1 Å². The Morgan fingerprint density at radius 3 is 2.44 bits per heavy atom. The summed E-state index contributed by atoms with van der Waals surface area (Å²) in [6, 6.07) is 8.49. The van der Waals surface area contributed by atoms with Crippen molar-refractivity contribution < 1.29 is 31.9 Å². The Kier molecular flexibility index (Phi) is 6.09. The van der Waals surface area contributed by atoms with Gasteiger partial charge in [-0.1, -0.05) is 24.3 Å². The fourth-order valence-corrected chi connectivity index (χ4v) is 4.26. The second-order valence-electron chi connectivity index (χ2n) is 7.97. The van der Waals surface area contributed by atoms with E-state index in [4.69, 9.17) is 0 Å². The number of carboxylic acids is 1. The molecule has 4 unspecified atom stereocenters. The number of carbonyl (C=O) groups is 1. The lowest BCUT2D eigenvalue weighted by molar-refractivity contribution is -0.152. The lowest BCUT2D eigenvalue weighted by atomic mass is 9.60. The molecule has 168 valence electrons. The molecule has 1 N–H and O–H groups in total. The molecule has 2 aromatic rings. The van der Waals surface area contributed by atoms with Crippen molar-refractivity contribution in [2.24, 2.45) is 16.3 Å². The SMILES string of the molecule is CC1N=C(Cc2ccccc2F)C(C#N)C(c2ccc(F)cc2C(F)(F)F)C1(C)C(=O)O. The summed E-state index contributed by atoms with van der Waals surface area (Å²) in [7, 11) is 0. The molecule has 0 aromatic heterocycles. The highest BCUT2D eigenvalue weighted by molar-refractivity contribution is 5.95. The highest BCUT2D eigenvalue weighted by atomic mass is 19.4. The number of hydrogen-bond acceptors (Lipinski definition) is 3. The monoisotopic (exact) mass is 450 g/mol. The fourth-order valence-electron chi connectivity index (χ4n) is 4.26. The predicted octanol–water partition coefficient (Wildman–Crippen LogP) is 5.38. The molecule has 0 spiro atoms. The molecule has 0 saturated carbocycles. The summed E-state index contributed by atoms with van der Waals surface area (Å²) in [5.74, 6) is -6.08. The molecule has 32 heavy (non-hydrogen) atoms. The Hall–Kier alpha value is -3.28. The summed E-state index contributed by atoms with van der Waals surface area (Å²) in [5, 5.41) is 19.9. The van der Waals surface area contributed by atoms with Gasteiger partial charge in [0.15, 0.2) is 0 Å². The van der Waals surface area contributed by atoms with Crippen LogP contribution in [0.1, 0.15) is 36.5 Å². The number of alkyl halides is 3. The molecule has 1 heterocycles. The van der Waals surface area contributed by atoms with E-state index in [0.717, 1.165) is 12.1 Å². The third-order valence-corrected chi connectivity index (χ3v) is 6.15. The van der Waals surface area contributed by atoms with E-state index in [1.165, 1.54) is 32.0 Å². The van der Waals surface area contributed by atoms with Gasteiger partial charge < -0.3 is 5.11 Å².